The molecule has 5 heteroatoms. The van der Waals surface area contributed by atoms with Crippen LogP contribution in [0.4, 0.5) is 0 Å². The van der Waals surface area contributed by atoms with Gasteiger partial charge in [0.05, 0.1) is 4.90 Å². The van der Waals surface area contributed by atoms with Crippen molar-refractivity contribution in [2.45, 2.75) is 50.0 Å². The molecule has 1 aliphatic carbocycles. The lowest BCUT2D eigenvalue weighted by Gasteiger charge is -2.33. The average molecular weight is 328 g/mol. The summed E-state index contributed by atoms with van der Waals surface area (Å²) in [5.41, 5.74) is 2.39. The highest BCUT2D eigenvalue weighted by atomic mass is 35.7. The molecular weight excluding hydrogens is 306 g/mol. The summed E-state index contributed by atoms with van der Waals surface area (Å²) in [6, 6.07) is 5.30. The van der Waals surface area contributed by atoms with Crippen molar-refractivity contribution in [1.82, 2.24) is 4.90 Å². The van der Waals surface area contributed by atoms with Gasteiger partial charge >= 0.3 is 0 Å². The quantitative estimate of drug-likeness (QED) is 0.797. The predicted molar refractivity (Wildman–Crippen MR) is 85.0 cm³/mol. The van der Waals surface area contributed by atoms with Crippen molar-refractivity contribution in [3.05, 3.63) is 29.3 Å². The van der Waals surface area contributed by atoms with Gasteiger partial charge < -0.3 is 0 Å². The molecule has 2 aliphatic rings. The summed E-state index contributed by atoms with van der Waals surface area (Å²) >= 11 is 0. The molecule has 116 valence electrons. The summed E-state index contributed by atoms with van der Waals surface area (Å²) < 4.78 is 22.9. The summed E-state index contributed by atoms with van der Waals surface area (Å²) in [6.07, 6.45) is 7.81. The second-order valence-electron chi connectivity index (χ2n) is 6.36. The molecule has 0 bridgehead atoms. The molecule has 0 saturated heterocycles. The van der Waals surface area contributed by atoms with E-state index in [-0.39, 0.29) is 4.90 Å². The van der Waals surface area contributed by atoms with E-state index < -0.39 is 9.05 Å². The largest absolute Gasteiger partial charge is 0.298 e. The Balaban J connectivity index is 1.71. The molecule has 1 aromatic carbocycles. The maximum atomic E-state index is 11.5. The highest BCUT2D eigenvalue weighted by Crippen LogP contribution is 2.28. The maximum Gasteiger partial charge on any atom is 0.261 e. The highest BCUT2D eigenvalue weighted by Gasteiger charge is 2.22. The van der Waals surface area contributed by atoms with Gasteiger partial charge in [-0.1, -0.05) is 25.3 Å². The van der Waals surface area contributed by atoms with Crippen LogP contribution in [0.25, 0.3) is 0 Å². The molecule has 21 heavy (non-hydrogen) atoms. The Morgan fingerprint density at radius 3 is 2.62 bits per heavy atom. The van der Waals surface area contributed by atoms with E-state index in [0.29, 0.717) is 0 Å². The predicted octanol–water partition coefficient (Wildman–Crippen LogP) is 3.55. The molecule has 0 radical (unpaired) electrons. The summed E-state index contributed by atoms with van der Waals surface area (Å²) in [4.78, 5) is 2.70. The zero-order valence-electron chi connectivity index (χ0n) is 12.2. The first-order valence-corrected chi connectivity index (χ1v) is 10.1. The average Bonchev–Trinajstić information content (AvgIpc) is 2.46. The summed E-state index contributed by atoms with van der Waals surface area (Å²) in [5.74, 6) is 0.820. The monoisotopic (exact) mass is 327 g/mol. The lowest BCUT2D eigenvalue weighted by atomic mass is 9.88. The maximum absolute atomic E-state index is 11.5. The topological polar surface area (TPSA) is 37.4 Å². The van der Waals surface area contributed by atoms with Crippen LogP contribution in [0.2, 0.25) is 0 Å². The molecule has 1 heterocycles. The van der Waals surface area contributed by atoms with Crippen LogP contribution in [-0.4, -0.2) is 26.4 Å². The minimum Gasteiger partial charge on any atom is -0.298 e. The number of halogens is 1. The lowest BCUT2D eigenvalue weighted by molar-refractivity contribution is 0.187. The fourth-order valence-electron chi connectivity index (χ4n) is 3.63. The van der Waals surface area contributed by atoms with Crippen LogP contribution < -0.4 is 0 Å². The van der Waals surface area contributed by atoms with Crippen molar-refractivity contribution in [3.63, 3.8) is 0 Å². The van der Waals surface area contributed by atoms with E-state index >= 15 is 0 Å². The van der Waals surface area contributed by atoms with Crippen molar-refractivity contribution in [1.29, 1.82) is 0 Å². The van der Waals surface area contributed by atoms with Crippen molar-refractivity contribution in [3.8, 4) is 0 Å². The van der Waals surface area contributed by atoms with E-state index in [9.17, 15) is 8.42 Å². The first-order valence-electron chi connectivity index (χ1n) is 7.81. The second kappa shape index (κ2) is 6.27. The zero-order valence-corrected chi connectivity index (χ0v) is 13.8. The van der Waals surface area contributed by atoms with Gasteiger partial charge in [-0.2, -0.15) is 0 Å². The number of fused-ring (bicyclic) bond motifs is 1. The lowest BCUT2D eigenvalue weighted by Crippen LogP contribution is -2.35. The number of hydrogen-bond donors (Lipinski definition) is 0. The van der Waals surface area contributed by atoms with E-state index in [2.05, 4.69) is 4.90 Å². The summed E-state index contributed by atoms with van der Waals surface area (Å²) in [5, 5.41) is 0. The van der Waals surface area contributed by atoms with Crippen LogP contribution >= 0.6 is 10.7 Å². The molecule has 3 rings (SSSR count). The van der Waals surface area contributed by atoms with Crippen molar-refractivity contribution >= 4 is 19.7 Å². The molecule has 1 saturated carbocycles. The Hall–Kier alpha value is -0.580. The zero-order chi connectivity index (χ0) is 14.9. The first-order chi connectivity index (χ1) is 10.0. The van der Waals surface area contributed by atoms with Gasteiger partial charge in [0.15, 0.2) is 0 Å². The molecule has 3 nitrogen and oxygen atoms in total. The molecule has 0 amide bonds. The molecule has 0 spiro atoms. The first kappa shape index (κ1) is 15.3. The van der Waals surface area contributed by atoms with Gasteiger partial charge in [-0.15, -0.1) is 0 Å². The number of hydrogen-bond acceptors (Lipinski definition) is 3. The van der Waals surface area contributed by atoms with Crippen LogP contribution in [0, 0.1) is 5.92 Å². The molecule has 1 fully saturated rings. The van der Waals surface area contributed by atoms with Gasteiger partial charge in [0, 0.05) is 30.3 Å². The molecule has 0 unspecified atom stereocenters. The Kier molecular flexibility index (Phi) is 4.57. The Morgan fingerprint density at radius 1 is 1.14 bits per heavy atom. The van der Waals surface area contributed by atoms with Gasteiger partial charge in [-0.3, -0.25) is 4.90 Å². The van der Waals surface area contributed by atoms with Crippen molar-refractivity contribution in [2.75, 3.05) is 13.1 Å². The van der Waals surface area contributed by atoms with Gasteiger partial charge in [0.25, 0.3) is 9.05 Å². The molecular formula is C16H22ClNO2S. The molecule has 0 aromatic heterocycles. The molecule has 1 aromatic rings. The van der Waals surface area contributed by atoms with Gasteiger partial charge in [-0.25, -0.2) is 8.42 Å². The highest BCUT2D eigenvalue weighted by molar-refractivity contribution is 8.13. The third-order valence-corrected chi connectivity index (χ3v) is 6.14. The normalized spacial score (nSPS) is 21.2. The van der Waals surface area contributed by atoms with Gasteiger partial charge in [-0.05, 0) is 48.4 Å². The fourth-order valence-corrected chi connectivity index (χ4v) is 4.44. The SMILES string of the molecule is O=S(=O)(Cl)c1ccc2c(c1)CN(CC1CCCCC1)CC2. The van der Waals surface area contributed by atoms with Crippen LogP contribution in [0.15, 0.2) is 23.1 Å². The summed E-state index contributed by atoms with van der Waals surface area (Å²) in [7, 11) is 1.82. The number of benzene rings is 1. The summed E-state index contributed by atoms with van der Waals surface area (Å²) in [6.45, 7) is 3.08. The van der Waals surface area contributed by atoms with Crippen molar-refractivity contribution in [2.24, 2.45) is 5.92 Å². The minimum absolute atomic E-state index is 0.224. The molecule has 0 N–H and O–H groups in total. The second-order valence-corrected chi connectivity index (χ2v) is 8.92. The third kappa shape index (κ3) is 3.79. The van der Waals surface area contributed by atoms with E-state index in [1.165, 1.54) is 37.7 Å². The standard InChI is InChI=1S/C16H22ClNO2S/c17-21(19,20)16-7-6-14-8-9-18(12-15(14)10-16)11-13-4-2-1-3-5-13/h6-7,10,13H,1-5,8-9,11-12H2. The Bertz CT molecular complexity index is 609. The van der Waals surface area contributed by atoms with Gasteiger partial charge in [0.1, 0.15) is 0 Å². The van der Waals surface area contributed by atoms with Crippen LogP contribution in [0.1, 0.15) is 43.2 Å². The van der Waals surface area contributed by atoms with Gasteiger partial charge in [0.2, 0.25) is 0 Å². The number of nitrogens with zero attached hydrogens (tertiary/aromatic N) is 1. The van der Waals surface area contributed by atoms with E-state index in [4.69, 9.17) is 10.7 Å². The minimum atomic E-state index is -3.63. The van der Waals surface area contributed by atoms with Crippen LogP contribution in [0.3, 0.4) is 0 Å². The Morgan fingerprint density at radius 2 is 1.90 bits per heavy atom. The Labute approximate surface area is 131 Å². The van der Waals surface area contributed by atoms with Crippen LogP contribution in [-0.2, 0) is 22.0 Å². The molecule has 1 aliphatic heterocycles. The third-order valence-electron chi connectivity index (χ3n) is 4.79. The van der Waals surface area contributed by atoms with Crippen LogP contribution in [0.5, 0.6) is 0 Å². The number of rotatable bonds is 3. The van der Waals surface area contributed by atoms with Crippen molar-refractivity contribution < 1.29 is 8.42 Å². The molecule has 0 atom stereocenters. The smallest absolute Gasteiger partial charge is 0.261 e. The fraction of sp³-hybridized carbons (Fsp3) is 0.625. The van der Waals surface area contributed by atoms with E-state index in [1.54, 1.807) is 12.1 Å². The van der Waals surface area contributed by atoms with E-state index in [1.807, 2.05) is 6.07 Å². The van der Waals surface area contributed by atoms with E-state index in [0.717, 1.165) is 37.5 Å².